The summed E-state index contributed by atoms with van der Waals surface area (Å²) < 4.78 is 5.18. The van der Waals surface area contributed by atoms with Gasteiger partial charge in [0.2, 0.25) is 0 Å². The number of ether oxygens (including phenoxy) is 1. The van der Waals surface area contributed by atoms with E-state index < -0.39 is 11.6 Å². The normalized spacial score (nSPS) is 24.5. The van der Waals surface area contributed by atoms with Crippen LogP contribution in [0.1, 0.15) is 30.1 Å². The molecule has 0 aliphatic heterocycles. The average molecular weight is 204 g/mol. The minimum atomic E-state index is -0.882. The molecule has 0 radical (unpaired) electrons. The van der Waals surface area contributed by atoms with Crippen LogP contribution in [0.4, 0.5) is 0 Å². The van der Waals surface area contributed by atoms with Crippen molar-refractivity contribution in [2.75, 3.05) is 0 Å². The molecule has 1 aliphatic rings. The number of carbonyl (C=O) groups excluding carboxylic acids is 2. The molecule has 1 aliphatic carbocycles. The standard InChI is InChI=1S/C12H12O3/c1-12(8-7-10(12)13)15-11(14)9-5-3-2-4-6-9/h2-6H,7-8H2,1H3. The van der Waals surface area contributed by atoms with Gasteiger partial charge >= 0.3 is 5.97 Å². The highest BCUT2D eigenvalue weighted by molar-refractivity contribution is 5.97. The second-order valence-corrected chi connectivity index (χ2v) is 3.91. The van der Waals surface area contributed by atoms with E-state index in [1.165, 1.54) is 0 Å². The average Bonchev–Trinajstić information content (AvgIpc) is 2.28. The molecule has 0 aromatic heterocycles. The molecule has 1 saturated carbocycles. The molecule has 0 heterocycles. The minimum Gasteiger partial charge on any atom is -0.448 e. The van der Waals surface area contributed by atoms with Crippen molar-refractivity contribution in [2.45, 2.75) is 25.4 Å². The quantitative estimate of drug-likeness (QED) is 0.692. The molecule has 1 unspecified atom stereocenters. The molecule has 1 aromatic carbocycles. The monoisotopic (exact) mass is 204 g/mol. The molecule has 3 heteroatoms. The molecule has 1 aromatic rings. The number of hydrogen-bond acceptors (Lipinski definition) is 3. The lowest BCUT2D eigenvalue weighted by atomic mass is 9.80. The Balaban J connectivity index is 2.08. The maximum atomic E-state index is 11.6. The highest BCUT2D eigenvalue weighted by Gasteiger charge is 2.45. The van der Waals surface area contributed by atoms with Crippen LogP contribution in [0.25, 0.3) is 0 Å². The molecule has 0 N–H and O–H groups in total. The first-order chi connectivity index (χ1) is 7.12. The number of carbonyl (C=O) groups is 2. The molecule has 78 valence electrons. The molecule has 0 spiro atoms. The lowest BCUT2D eigenvalue weighted by molar-refractivity contribution is -0.148. The maximum Gasteiger partial charge on any atom is 0.339 e. The zero-order valence-electron chi connectivity index (χ0n) is 8.53. The van der Waals surface area contributed by atoms with Gasteiger partial charge < -0.3 is 4.74 Å². The summed E-state index contributed by atoms with van der Waals surface area (Å²) in [5, 5.41) is 0. The zero-order valence-corrected chi connectivity index (χ0v) is 8.53. The van der Waals surface area contributed by atoms with Gasteiger partial charge in [-0.2, -0.15) is 0 Å². The molecule has 0 amide bonds. The Morgan fingerprint density at radius 3 is 2.47 bits per heavy atom. The molecular weight excluding hydrogens is 192 g/mol. The number of ketones is 1. The first-order valence-electron chi connectivity index (χ1n) is 4.93. The third-order valence-corrected chi connectivity index (χ3v) is 2.75. The van der Waals surface area contributed by atoms with Crippen molar-refractivity contribution in [1.29, 1.82) is 0 Å². The van der Waals surface area contributed by atoms with Crippen molar-refractivity contribution in [3.8, 4) is 0 Å². The van der Waals surface area contributed by atoms with E-state index in [1.807, 2.05) is 6.07 Å². The summed E-state index contributed by atoms with van der Waals surface area (Å²) in [6.45, 7) is 1.67. The fraction of sp³-hybridized carbons (Fsp3) is 0.333. The molecule has 3 nitrogen and oxygen atoms in total. The summed E-state index contributed by atoms with van der Waals surface area (Å²) in [5.74, 6) is -0.419. The van der Waals surface area contributed by atoms with Gasteiger partial charge in [0.15, 0.2) is 11.4 Å². The first kappa shape index (κ1) is 9.90. The van der Waals surface area contributed by atoms with E-state index in [9.17, 15) is 9.59 Å². The van der Waals surface area contributed by atoms with Crippen LogP contribution in [-0.4, -0.2) is 17.4 Å². The van der Waals surface area contributed by atoms with Crippen molar-refractivity contribution in [1.82, 2.24) is 0 Å². The zero-order chi connectivity index (χ0) is 10.9. The highest BCUT2D eigenvalue weighted by Crippen LogP contribution is 2.31. The van der Waals surface area contributed by atoms with Gasteiger partial charge in [-0.15, -0.1) is 0 Å². The SMILES string of the molecule is CC1(OC(=O)c2ccccc2)CCC1=O. The second-order valence-electron chi connectivity index (χ2n) is 3.91. The molecule has 15 heavy (non-hydrogen) atoms. The Labute approximate surface area is 88.1 Å². The third-order valence-electron chi connectivity index (χ3n) is 2.75. The minimum absolute atomic E-state index is 0.00628. The van der Waals surface area contributed by atoms with Crippen molar-refractivity contribution in [3.63, 3.8) is 0 Å². The number of benzene rings is 1. The van der Waals surface area contributed by atoms with Gasteiger partial charge in [0.1, 0.15) is 0 Å². The first-order valence-corrected chi connectivity index (χ1v) is 4.93. The van der Waals surface area contributed by atoms with Crippen LogP contribution in [0.3, 0.4) is 0 Å². The topological polar surface area (TPSA) is 43.4 Å². The molecule has 2 rings (SSSR count). The number of Topliss-reactive ketones (excluding diaryl/α,β-unsaturated/α-hetero) is 1. The summed E-state index contributed by atoms with van der Waals surface area (Å²) in [5.41, 5.74) is -0.397. The van der Waals surface area contributed by atoms with E-state index >= 15 is 0 Å². The van der Waals surface area contributed by atoms with E-state index in [0.29, 0.717) is 18.4 Å². The van der Waals surface area contributed by atoms with Crippen molar-refractivity contribution < 1.29 is 14.3 Å². The fourth-order valence-electron chi connectivity index (χ4n) is 1.52. The Hall–Kier alpha value is -1.64. The Morgan fingerprint density at radius 1 is 1.33 bits per heavy atom. The number of esters is 1. The molecular formula is C12H12O3. The van der Waals surface area contributed by atoms with Gasteiger partial charge in [-0.25, -0.2) is 4.79 Å². The van der Waals surface area contributed by atoms with Crippen LogP contribution in [0.5, 0.6) is 0 Å². The number of hydrogen-bond donors (Lipinski definition) is 0. The van der Waals surface area contributed by atoms with E-state index in [0.717, 1.165) is 0 Å². The summed E-state index contributed by atoms with van der Waals surface area (Å²) in [7, 11) is 0. The van der Waals surface area contributed by atoms with Crippen LogP contribution in [-0.2, 0) is 9.53 Å². The van der Waals surface area contributed by atoms with Crippen molar-refractivity contribution in [3.05, 3.63) is 35.9 Å². The fourth-order valence-corrected chi connectivity index (χ4v) is 1.52. The summed E-state index contributed by atoms with van der Waals surface area (Å²) >= 11 is 0. The molecule has 1 fully saturated rings. The van der Waals surface area contributed by atoms with E-state index in [4.69, 9.17) is 4.74 Å². The van der Waals surface area contributed by atoms with Gasteiger partial charge in [0.05, 0.1) is 5.56 Å². The van der Waals surface area contributed by atoms with Gasteiger partial charge in [-0.3, -0.25) is 4.79 Å². The number of rotatable bonds is 2. The van der Waals surface area contributed by atoms with Gasteiger partial charge in [0.25, 0.3) is 0 Å². The Bertz CT molecular complexity index is 397. The van der Waals surface area contributed by atoms with E-state index in [2.05, 4.69) is 0 Å². The van der Waals surface area contributed by atoms with Crippen LogP contribution < -0.4 is 0 Å². The van der Waals surface area contributed by atoms with Crippen LogP contribution in [0.2, 0.25) is 0 Å². The highest BCUT2D eigenvalue weighted by atomic mass is 16.6. The van der Waals surface area contributed by atoms with Crippen LogP contribution >= 0.6 is 0 Å². The van der Waals surface area contributed by atoms with E-state index in [-0.39, 0.29) is 5.78 Å². The lowest BCUT2D eigenvalue weighted by Crippen LogP contribution is -2.48. The largest absolute Gasteiger partial charge is 0.448 e. The summed E-state index contributed by atoms with van der Waals surface area (Å²) in [6, 6.07) is 8.71. The van der Waals surface area contributed by atoms with Crippen molar-refractivity contribution >= 4 is 11.8 Å². The van der Waals surface area contributed by atoms with Crippen LogP contribution in [0.15, 0.2) is 30.3 Å². The van der Waals surface area contributed by atoms with Crippen molar-refractivity contribution in [2.24, 2.45) is 0 Å². The predicted molar refractivity (Wildman–Crippen MR) is 54.5 cm³/mol. The van der Waals surface area contributed by atoms with Gasteiger partial charge in [0, 0.05) is 12.8 Å². The Morgan fingerprint density at radius 2 is 2.00 bits per heavy atom. The Kier molecular flexibility index (Phi) is 2.31. The lowest BCUT2D eigenvalue weighted by Gasteiger charge is -2.35. The summed E-state index contributed by atoms with van der Waals surface area (Å²) in [4.78, 5) is 22.9. The molecule has 0 bridgehead atoms. The maximum absolute atomic E-state index is 11.6. The predicted octanol–water partition coefficient (Wildman–Crippen LogP) is 1.97. The second kappa shape index (κ2) is 3.50. The van der Waals surface area contributed by atoms with E-state index in [1.54, 1.807) is 31.2 Å². The van der Waals surface area contributed by atoms with Gasteiger partial charge in [-0.05, 0) is 19.1 Å². The third kappa shape index (κ3) is 1.77. The molecule has 1 atom stereocenters. The molecule has 0 saturated heterocycles. The van der Waals surface area contributed by atoms with Crippen LogP contribution in [0, 0.1) is 0 Å². The summed E-state index contributed by atoms with van der Waals surface area (Å²) in [6.07, 6.45) is 1.14. The smallest absolute Gasteiger partial charge is 0.339 e. The van der Waals surface area contributed by atoms with Gasteiger partial charge in [-0.1, -0.05) is 18.2 Å².